The lowest BCUT2D eigenvalue weighted by atomic mass is 10.2. The molecule has 1 N–H and O–H groups in total. The quantitative estimate of drug-likeness (QED) is 0.825. The van der Waals surface area contributed by atoms with Crippen molar-refractivity contribution >= 4 is 0 Å². The van der Waals surface area contributed by atoms with Crippen LogP contribution in [0.4, 0.5) is 0 Å². The molecule has 0 aliphatic carbocycles. The summed E-state index contributed by atoms with van der Waals surface area (Å²) in [6, 6.07) is 3.61. The van der Waals surface area contributed by atoms with Crippen LogP contribution >= 0.6 is 0 Å². The highest BCUT2D eigenvalue weighted by Gasteiger charge is 2.12. The molecular formula is C11H12N2O2. The number of nitrogens with zero attached hydrogens (tertiary/aromatic N) is 2. The van der Waals surface area contributed by atoms with E-state index in [1.165, 1.54) is 0 Å². The number of rotatable bonds is 3. The van der Waals surface area contributed by atoms with Crippen LogP contribution < -0.4 is 0 Å². The van der Waals surface area contributed by atoms with Crippen molar-refractivity contribution in [3.8, 4) is 0 Å². The molecule has 0 spiro atoms. The Morgan fingerprint density at radius 3 is 2.73 bits per heavy atom. The van der Waals surface area contributed by atoms with Gasteiger partial charge in [-0.2, -0.15) is 0 Å². The second-order valence-electron chi connectivity index (χ2n) is 3.42. The summed E-state index contributed by atoms with van der Waals surface area (Å²) in [6.07, 6.45) is 4.65. The molecule has 0 fully saturated rings. The molecule has 0 saturated heterocycles. The molecule has 2 aromatic heterocycles. The Balaban J connectivity index is 2.08. The second-order valence-corrected chi connectivity index (χ2v) is 3.42. The molecule has 0 aromatic carbocycles. The van der Waals surface area contributed by atoms with Gasteiger partial charge in [0.25, 0.3) is 0 Å². The zero-order valence-corrected chi connectivity index (χ0v) is 8.42. The van der Waals surface area contributed by atoms with Gasteiger partial charge < -0.3 is 9.52 Å². The SMILES string of the molecule is Cc1cnc(C(O)Cc2ccco2)nc1. The predicted molar refractivity (Wildman–Crippen MR) is 54.1 cm³/mol. The third-order valence-electron chi connectivity index (χ3n) is 2.07. The standard InChI is InChI=1S/C11H12N2O2/c1-8-6-12-11(13-7-8)10(14)5-9-3-2-4-15-9/h2-4,6-7,10,14H,5H2,1H3. The van der Waals surface area contributed by atoms with Crippen molar-refractivity contribution in [1.29, 1.82) is 0 Å². The van der Waals surface area contributed by atoms with Crippen LogP contribution in [0.3, 0.4) is 0 Å². The average molecular weight is 204 g/mol. The molecular weight excluding hydrogens is 192 g/mol. The molecule has 2 aromatic rings. The Labute approximate surface area is 87.6 Å². The van der Waals surface area contributed by atoms with E-state index in [0.717, 1.165) is 11.3 Å². The highest BCUT2D eigenvalue weighted by Crippen LogP contribution is 2.14. The lowest BCUT2D eigenvalue weighted by Gasteiger charge is -2.06. The van der Waals surface area contributed by atoms with E-state index in [0.29, 0.717) is 12.2 Å². The number of aromatic nitrogens is 2. The minimum Gasteiger partial charge on any atom is -0.469 e. The van der Waals surface area contributed by atoms with Gasteiger partial charge in [0.1, 0.15) is 11.9 Å². The topological polar surface area (TPSA) is 59.2 Å². The normalized spacial score (nSPS) is 12.7. The largest absolute Gasteiger partial charge is 0.469 e. The van der Waals surface area contributed by atoms with Crippen molar-refractivity contribution in [3.63, 3.8) is 0 Å². The third-order valence-corrected chi connectivity index (χ3v) is 2.07. The second kappa shape index (κ2) is 4.23. The van der Waals surface area contributed by atoms with Gasteiger partial charge in [-0.3, -0.25) is 0 Å². The van der Waals surface area contributed by atoms with Gasteiger partial charge in [-0.1, -0.05) is 0 Å². The van der Waals surface area contributed by atoms with E-state index < -0.39 is 6.10 Å². The molecule has 0 saturated carbocycles. The van der Waals surface area contributed by atoms with E-state index in [1.54, 1.807) is 24.7 Å². The van der Waals surface area contributed by atoms with Crippen molar-refractivity contribution < 1.29 is 9.52 Å². The average Bonchev–Trinajstić information content (AvgIpc) is 2.71. The lowest BCUT2D eigenvalue weighted by molar-refractivity contribution is 0.160. The fraction of sp³-hybridized carbons (Fsp3) is 0.273. The van der Waals surface area contributed by atoms with Gasteiger partial charge in [-0.15, -0.1) is 0 Å². The first-order chi connectivity index (χ1) is 7.25. The summed E-state index contributed by atoms with van der Waals surface area (Å²) in [7, 11) is 0. The molecule has 15 heavy (non-hydrogen) atoms. The number of hydrogen-bond acceptors (Lipinski definition) is 4. The molecule has 1 unspecified atom stereocenters. The molecule has 0 amide bonds. The summed E-state index contributed by atoms with van der Waals surface area (Å²) in [4.78, 5) is 8.11. The molecule has 0 aliphatic heterocycles. The Morgan fingerprint density at radius 1 is 1.40 bits per heavy atom. The number of aliphatic hydroxyl groups is 1. The van der Waals surface area contributed by atoms with Crippen molar-refractivity contribution in [1.82, 2.24) is 9.97 Å². The van der Waals surface area contributed by atoms with Crippen LogP contribution in [0.25, 0.3) is 0 Å². The molecule has 4 nitrogen and oxygen atoms in total. The van der Waals surface area contributed by atoms with Crippen LogP contribution in [-0.4, -0.2) is 15.1 Å². The summed E-state index contributed by atoms with van der Waals surface area (Å²) < 4.78 is 5.13. The number of aryl methyl sites for hydroxylation is 1. The maximum absolute atomic E-state index is 9.80. The lowest BCUT2D eigenvalue weighted by Crippen LogP contribution is -2.06. The van der Waals surface area contributed by atoms with E-state index in [-0.39, 0.29) is 0 Å². The number of hydrogen-bond donors (Lipinski definition) is 1. The molecule has 1 atom stereocenters. The fourth-order valence-corrected chi connectivity index (χ4v) is 1.29. The molecule has 2 heterocycles. The Morgan fingerprint density at radius 2 is 2.13 bits per heavy atom. The molecule has 2 rings (SSSR count). The Bertz CT molecular complexity index is 409. The minimum atomic E-state index is -0.711. The zero-order valence-electron chi connectivity index (χ0n) is 8.42. The van der Waals surface area contributed by atoms with Gasteiger partial charge in [0.15, 0.2) is 5.82 Å². The fourth-order valence-electron chi connectivity index (χ4n) is 1.29. The van der Waals surface area contributed by atoms with E-state index in [2.05, 4.69) is 9.97 Å². The minimum absolute atomic E-state index is 0.399. The highest BCUT2D eigenvalue weighted by atomic mass is 16.3. The highest BCUT2D eigenvalue weighted by molar-refractivity contribution is 5.06. The van der Waals surface area contributed by atoms with Crippen molar-refractivity contribution in [2.45, 2.75) is 19.4 Å². The van der Waals surface area contributed by atoms with Gasteiger partial charge in [-0.25, -0.2) is 9.97 Å². The van der Waals surface area contributed by atoms with Crippen LogP contribution in [0.1, 0.15) is 23.3 Å². The monoisotopic (exact) mass is 204 g/mol. The predicted octanol–water partition coefficient (Wildman–Crippen LogP) is 1.65. The summed E-state index contributed by atoms with van der Waals surface area (Å²) in [5.74, 6) is 1.16. The van der Waals surface area contributed by atoms with Gasteiger partial charge in [0.05, 0.1) is 6.26 Å². The maximum atomic E-state index is 9.80. The molecule has 0 bridgehead atoms. The Hall–Kier alpha value is -1.68. The summed E-state index contributed by atoms with van der Waals surface area (Å²) in [6.45, 7) is 1.91. The van der Waals surface area contributed by atoms with Crippen molar-refractivity contribution in [2.75, 3.05) is 0 Å². The first kappa shape index (κ1) is 9.86. The van der Waals surface area contributed by atoms with Crippen LogP contribution in [0.5, 0.6) is 0 Å². The van der Waals surface area contributed by atoms with Crippen LogP contribution in [0.2, 0.25) is 0 Å². The van der Waals surface area contributed by atoms with Crippen LogP contribution in [0.15, 0.2) is 35.2 Å². The van der Waals surface area contributed by atoms with Crippen LogP contribution in [0, 0.1) is 6.92 Å². The number of furan rings is 1. The zero-order chi connectivity index (χ0) is 10.7. The molecule has 0 aliphatic rings. The van der Waals surface area contributed by atoms with E-state index in [1.807, 2.05) is 13.0 Å². The smallest absolute Gasteiger partial charge is 0.157 e. The molecule has 0 radical (unpaired) electrons. The first-order valence-corrected chi connectivity index (χ1v) is 4.74. The summed E-state index contributed by atoms with van der Waals surface area (Å²) in [5.41, 5.74) is 0.976. The Kier molecular flexibility index (Phi) is 2.78. The third kappa shape index (κ3) is 2.41. The first-order valence-electron chi connectivity index (χ1n) is 4.74. The van der Waals surface area contributed by atoms with Gasteiger partial charge >= 0.3 is 0 Å². The number of aliphatic hydroxyl groups excluding tert-OH is 1. The van der Waals surface area contributed by atoms with E-state index >= 15 is 0 Å². The van der Waals surface area contributed by atoms with E-state index in [9.17, 15) is 5.11 Å². The maximum Gasteiger partial charge on any atom is 0.157 e. The van der Waals surface area contributed by atoms with Crippen molar-refractivity contribution in [3.05, 3.63) is 47.9 Å². The molecule has 4 heteroatoms. The van der Waals surface area contributed by atoms with Gasteiger partial charge in [0.2, 0.25) is 0 Å². The summed E-state index contributed by atoms with van der Waals surface area (Å²) >= 11 is 0. The van der Waals surface area contributed by atoms with Crippen LogP contribution in [-0.2, 0) is 6.42 Å². The van der Waals surface area contributed by atoms with Crippen molar-refractivity contribution in [2.24, 2.45) is 0 Å². The van der Waals surface area contributed by atoms with E-state index in [4.69, 9.17) is 4.42 Å². The van der Waals surface area contributed by atoms with Gasteiger partial charge in [-0.05, 0) is 24.6 Å². The van der Waals surface area contributed by atoms with Gasteiger partial charge in [0, 0.05) is 18.8 Å². The molecule has 78 valence electrons. The summed E-state index contributed by atoms with van der Waals surface area (Å²) in [5, 5.41) is 9.80.